The molecular formula is C15H14N4S. The first-order chi connectivity index (χ1) is 9.79. The van der Waals surface area contributed by atoms with Crippen LogP contribution < -0.4 is 10.6 Å². The summed E-state index contributed by atoms with van der Waals surface area (Å²) in [7, 11) is 0. The molecule has 3 aromatic rings. The molecule has 0 saturated carbocycles. The molecule has 2 N–H and O–H groups in total. The maximum Gasteiger partial charge on any atom is 0.211 e. The Hall–Kier alpha value is -2.40. The summed E-state index contributed by atoms with van der Waals surface area (Å²) in [6.07, 6.45) is 0. The molecule has 0 saturated heterocycles. The van der Waals surface area contributed by atoms with Gasteiger partial charge < -0.3 is 10.6 Å². The lowest BCUT2D eigenvalue weighted by molar-refractivity contribution is 1.09. The standard InChI is InChI=1S/C15H14N4S/c1-11-7-9-13(10-8-11)17-15-19-18-14(20-15)16-12-5-3-2-4-6-12/h2-10H,1H3,(H,16,18)(H,17,19). The molecule has 0 fully saturated rings. The highest BCUT2D eigenvalue weighted by atomic mass is 32.1. The van der Waals surface area contributed by atoms with Crippen molar-refractivity contribution in [1.29, 1.82) is 0 Å². The highest BCUT2D eigenvalue weighted by Gasteiger charge is 2.04. The summed E-state index contributed by atoms with van der Waals surface area (Å²) in [5.74, 6) is 0. The molecule has 0 radical (unpaired) electrons. The monoisotopic (exact) mass is 282 g/mol. The largest absolute Gasteiger partial charge is 0.330 e. The molecular weight excluding hydrogens is 268 g/mol. The number of hydrogen-bond acceptors (Lipinski definition) is 5. The lowest BCUT2D eigenvalue weighted by Crippen LogP contribution is -1.89. The Kier molecular flexibility index (Phi) is 3.60. The van der Waals surface area contributed by atoms with E-state index in [4.69, 9.17) is 0 Å². The van der Waals surface area contributed by atoms with Gasteiger partial charge in [0.2, 0.25) is 10.3 Å². The highest BCUT2D eigenvalue weighted by molar-refractivity contribution is 7.19. The van der Waals surface area contributed by atoms with E-state index in [0.29, 0.717) is 0 Å². The SMILES string of the molecule is Cc1ccc(Nc2nnc(Nc3ccccc3)s2)cc1. The van der Waals surface area contributed by atoms with Crippen molar-refractivity contribution in [2.24, 2.45) is 0 Å². The van der Waals surface area contributed by atoms with Gasteiger partial charge in [0.05, 0.1) is 0 Å². The van der Waals surface area contributed by atoms with Crippen LogP contribution in [-0.4, -0.2) is 10.2 Å². The lowest BCUT2D eigenvalue weighted by Gasteiger charge is -2.01. The van der Waals surface area contributed by atoms with Gasteiger partial charge in [-0.15, -0.1) is 10.2 Å². The summed E-state index contributed by atoms with van der Waals surface area (Å²) < 4.78 is 0. The molecule has 0 aliphatic rings. The Balaban J connectivity index is 1.69. The summed E-state index contributed by atoms with van der Waals surface area (Å²) in [5.41, 5.74) is 3.25. The van der Waals surface area contributed by atoms with Crippen molar-refractivity contribution >= 4 is 33.0 Å². The van der Waals surface area contributed by atoms with E-state index in [-0.39, 0.29) is 0 Å². The summed E-state index contributed by atoms with van der Waals surface area (Å²) in [6, 6.07) is 18.1. The Morgan fingerprint density at radius 3 is 1.90 bits per heavy atom. The van der Waals surface area contributed by atoms with Gasteiger partial charge in [-0.1, -0.05) is 47.2 Å². The van der Waals surface area contributed by atoms with Gasteiger partial charge >= 0.3 is 0 Å². The van der Waals surface area contributed by atoms with E-state index in [1.165, 1.54) is 16.9 Å². The van der Waals surface area contributed by atoms with Crippen LogP contribution in [0.5, 0.6) is 0 Å². The third kappa shape index (κ3) is 3.13. The lowest BCUT2D eigenvalue weighted by atomic mass is 10.2. The van der Waals surface area contributed by atoms with Gasteiger partial charge in [-0.2, -0.15) is 0 Å². The van der Waals surface area contributed by atoms with Crippen molar-refractivity contribution in [2.45, 2.75) is 6.92 Å². The van der Waals surface area contributed by atoms with E-state index in [1.807, 2.05) is 42.5 Å². The number of hydrogen-bond donors (Lipinski definition) is 2. The fourth-order valence-corrected chi connectivity index (χ4v) is 2.41. The second-order valence-corrected chi connectivity index (χ2v) is 5.37. The molecule has 0 amide bonds. The van der Waals surface area contributed by atoms with E-state index >= 15 is 0 Å². The average Bonchev–Trinajstić information content (AvgIpc) is 2.90. The second kappa shape index (κ2) is 5.71. The summed E-state index contributed by atoms with van der Waals surface area (Å²) >= 11 is 1.48. The van der Waals surface area contributed by atoms with Gasteiger partial charge in [0, 0.05) is 11.4 Å². The van der Waals surface area contributed by atoms with Gasteiger partial charge in [-0.25, -0.2) is 0 Å². The van der Waals surface area contributed by atoms with Gasteiger partial charge in [0.1, 0.15) is 0 Å². The predicted molar refractivity (Wildman–Crippen MR) is 84.1 cm³/mol. The number of nitrogens with one attached hydrogen (secondary N) is 2. The fourth-order valence-electron chi connectivity index (χ4n) is 1.73. The van der Waals surface area contributed by atoms with Crippen LogP contribution in [0.15, 0.2) is 54.6 Å². The quantitative estimate of drug-likeness (QED) is 0.747. The van der Waals surface area contributed by atoms with E-state index in [1.54, 1.807) is 0 Å². The van der Waals surface area contributed by atoms with Crippen LogP contribution in [0.2, 0.25) is 0 Å². The molecule has 0 bridgehead atoms. The van der Waals surface area contributed by atoms with E-state index in [9.17, 15) is 0 Å². The first-order valence-electron chi connectivity index (χ1n) is 6.29. The Morgan fingerprint density at radius 2 is 1.30 bits per heavy atom. The molecule has 0 atom stereocenters. The predicted octanol–water partition coefficient (Wildman–Crippen LogP) is 4.33. The maximum atomic E-state index is 4.12. The molecule has 1 heterocycles. The molecule has 0 aliphatic carbocycles. The van der Waals surface area contributed by atoms with E-state index in [0.717, 1.165) is 21.6 Å². The topological polar surface area (TPSA) is 49.8 Å². The number of nitrogens with zero attached hydrogens (tertiary/aromatic N) is 2. The number of para-hydroxylation sites is 1. The van der Waals surface area contributed by atoms with Crippen molar-refractivity contribution in [3.8, 4) is 0 Å². The molecule has 0 spiro atoms. The van der Waals surface area contributed by atoms with Crippen LogP contribution in [0.25, 0.3) is 0 Å². The summed E-state index contributed by atoms with van der Waals surface area (Å²) in [4.78, 5) is 0. The number of aryl methyl sites for hydroxylation is 1. The number of rotatable bonds is 4. The van der Waals surface area contributed by atoms with Crippen LogP contribution >= 0.6 is 11.3 Å². The van der Waals surface area contributed by atoms with Crippen molar-refractivity contribution in [2.75, 3.05) is 10.6 Å². The van der Waals surface area contributed by atoms with Crippen molar-refractivity contribution in [1.82, 2.24) is 10.2 Å². The number of benzene rings is 2. The van der Waals surface area contributed by atoms with E-state index < -0.39 is 0 Å². The second-order valence-electron chi connectivity index (χ2n) is 4.39. The molecule has 3 rings (SSSR count). The zero-order chi connectivity index (χ0) is 13.8. The molecule has 0 aliphatic heterocycles. The van der Waals surface area contributed by atoms with Crippen LogP contribution in [0, 0.1) is 6.92 Å². The Bertz CT molecular complexity index is 677. The van der Waals surface area contributed by atoms with Crippen LogP contribution in [0.3, 0.4) is 0 Å². The number of aromatic nitrogens is 2. The normalized spacial score (nSPS) is 10.2. The van der Waals surface area contributed by atoms with Gasteiger partial charge in [-0.3, -0.25) is 0 Å². The fraction of sp³-hybridized carbons (Fsp3) is 0.0667. The average molecular weight is 282 g/mol. The zero-order valence-electron chi connectivity index (χ0n) is 11.0. The van der Waals surface area contributed by atoms with Gasteiger partial charge in [-0.05, 0) is 31.2 Å². The molecule has 4 nitrogen and oxygen atoms in total. The molecule has 100 valence electrons. The van der Waals surface area contributed by atoms with Crippen LogP contribution in [-0.2, 0) is 0 Å². The third-order valence-electron chi connectivity index (χ3n) is 2.75. The molecule has 5 heteroatoms. The zero-order valence-corrected chi connectivity index (χ0v) is 11.8. The Morgan fingerprint density at radius 1 is 0.750 bits per heavy atom. The third-order valence-corrected chi connectivity index (χ3v) is 3.51. The Labute approximate surface area is 121 Å². The van der Waals surface area contributed by atoms with Crippen LogP contribution in [0.4, 0.5) is 21.6 Å². The first-order valence-corrected chi connectivity index (χ1v) is 7.10. The minimum absolute atomic E-state index is 0.769. The first kappa shape index (κ1) is 12.6. The molecule has 20 heavy (non-hydrogen) atoms. The van der Waals surface area contributed by atoms with Crippen LogP contribution in [0.1, 0.15) is 5.56 Å². The number of anilines is 4. The van der Waals surface area contributed by atoms with Gasteiger partial charge in [0.15, 0.2) is 0 Å². The van der Waals surface area contributed by atoms with Crippen molar-refractivity contribution < 1.29 is 0 Å². The minimum atomic E-state index is 0.769. The van der Waals surface area contributed by atoms with Gasteiger partial charge in [0.25, 0.3) is 0 Å². The maximum absolute atomic E-state index is 4.12. The highest BCUT2D eigenvalue weighted by Crippen LogP contribution is 2.26. The minimum Gasteiger partial charge on any atom is -0.330 e. The smallest absolute Gasteiger partial charge is 0.211 e. The van der Waals surface area contributed by atoms with Crippen molar-refractivity contribution in [3.05, 3.63) is 60.2 Å². The molecule has 1 aromatic heterocycles. The van der Waals surface area contributed by atoms with E-state index in [2.05, 4.69) is 39.9 Å². The molecule has 0 unspecified atom stereocenters. The molecule has 2 aromatic carbocycles. The summed E-state index contributed by atoms with van der Waals surface area (Å²) in [6.45, 7) is 2.07. The summed E-state index contributed by atoms with van der Waals surface area (Å²) in [5, 5.41) is 16.3. The van der Waals surface area contributed by atoms with Crippen molar-refractivity contribution in [3.63, 3.8) is 0 Å².